The van der Waals surface area contributed by atoms with Gasteiger partial charge in [0.05, 0.1) is 0 Å². The first kappa shape index (κ1) is 15.9. The van der Waals surface area contributed by atoms with Gasteiger partial charge in [0, 0.05) is 31.7 Å². The van der Waals surface area contributed by atoms with Crippen LogP contribution in [0.15, 0.2) is 24.3 Å². The summed E-state index contributed by atoms with van der Waals surface area (Å²) in [6.45, 7) is 7.94. The van der Waals surface area contributed by atoms with Gasteiger partial charge in [-0.15, -0.1) is 0 Å². The summed E-state index contributed by atoms with van der Waals surface area (Å²) < 4.78 is 0. The third-order valence-electron chi connectivity index (χ3n) is 3.85. The zero-order valence-corrected chi connectivity index (χ0v) is 13.7. The van der Waals surface area contributed by atoms with Gasteiger partial charge in [0.15, 0.2) is 5.11 Å². The average Bonchev–Trinajstić information content (AvgIpc) is 2.47. The number of carbonyl (C=O) groups is 1. The summed E-state index contributed by atoms with van der Waals surface area (Å²) >= 11 is 5.33. The van der Waals surface area contributed by atoms with Crippen LogP contribution in [0.5, 0.6) is 0 Å². The van der Waals surface area contributed by atoms with Crippen LogP contribution in [0.1, 0.15) is 35.7 Å². The Morgan fingerprint density at radius 1 is 1.14 bits per heavy atom. The van der Waals surface area contributed by atoms with Crippen LogP contribution in [0.3, 0.4) is 0 Å². The summed E-state index contributed by atoms with van der Waals surface area (Å²) in [6.07, 6.45) is 0. The molecule has 5 heteroatoms. The lowest BCUT2D eigenvalue weighted by Gasteiger charge is -2.33. The van der Waals surface area contributed by atoms with Crippen molar-refractivity contribution in [1.82, 2.24) is 15.1 Å². The third kappa shape index (κ3) is 4.25. The Kier molecular flexibility index (Phi) is 5.31. The number of rotatable bonds is 2. The number of carbonyl (C=O) groups excluding carboxylic acids is 1. The molecule has 0 aromatic heterocycles. The predicted octanol–water partition coefficient (Wildman–Crippen LogP) is 2.07. The minimum atomic E-state index is -0.130. The fourth-order valence-corrected chi connectivity index (χ4v) is 2.55. The average molecular weight is 305 g/mol. The van der Waals surface area contributed by atoms with Gasteiger partial charge >= 0.3 is 0 Å². The fourth-order valence-electron chi connectivity index (χ4n) is 2.28. The van der Waals surface area contributed by atoms with Gasteiger partial charge in [-0.2, -0.15) is 0 Å². The highest BCUT2D eigenvalue weighted by Crippen LogP contribution is 2.14. The van der Waals surface area contributed by atoms with Gasteiger partial charge in [-0.25, -0.2) is 0 Å². The van der Waals surface area contributed by atoms with Gasteiger partial charge in [0.2, 0.25) is 0 Å². The summed E-state index contributed by atoms with van der Waals surface area (Å²) in [4.78, 5) is 16.5. The second kappa shape index (κ2) is 7.00. The lowest BCUT2D eigenvalue weighted by molar-refractivity contribution is 0.0970. The molecule has 1 amide bonds. The van der Waals surface area contributed by atoms with Crippen molar-refractivity contribution in [2.24, 2.45) is 0 Å². The number of nitrogens with one attached hydrogen (secondary N) is 1. The van der Waals surface area contributed by atoms with Crippen LogP contribution in [-0.4, -0.2) is 54.0 Å². The van der Waals surface area contributed by atoms with Crippen molar-refractivity contribution < 1.29 is 4.79 Å². The van der Waals surface area contributed by atoms with Crippen LogP contribution in [0.4, 0.5) is 0 Å². The Labute approximate surface area is 132 Å². The highest BCUT2D eigenvalue weighted by atomic mass is 32.1. The Morgan fingerprint density at radius 3 is 2.24 bits per heavy atom. The Balaban J connectivity index is 1.93. The lowest BCUT2D eigenvalue weighted by atomic mass is 10.0. The molecule has 1 saturated heterocycles. The maximum absolute atomic E-state index is 12.2. The molecule has 1 heterocycles. The van der Waals surface area contributed by atoms with Gasteiger partial charge < -0.3 is 9.80 Å². The molecular formula is C16H23N3OS. The van der Waals surface area contributed by atoms with E-state index in [0.717, 1.165) is 26.2 Å². The number of hydrogen-bond donors (Lipinski definition) is 1. The maximum Gasteiger partial charge on any atom is 0.257 e. The zero-order chi connectivity index (χ0) is 15.4. The van der Waals surface area contributed by atoms with Gasteiger partial charge in [0.25, 0.3) is 5.91 Å². The summed E-state index contributed by atoms with van der Waals surface area (Å²) in [7, 11) is 2.09. The van der Waals surface area contributed by atoms with Crippen LogP contribution in [0.25, 0.3) is 0 Å². The summed E-state index contributed by atoms with van der Waals surface area (Å²) in [5.41, 5.74) is 1.88. The molecule has 1 aliphatic heterocycles. The van der Waals surface area contributed by atoms with E-state index in [9.17, 15) is 4.79 Å². The van der Waals surface area contributed by atoms with Crippen molar-refractivity contribution in [3.05, 3.63) is 35.4 Å². The highest BCUT2D eigenvalue weighted by Gasteiger charge is 2.18. The summed E-state index contributed by atoms with van der Waals surface area (Å²) in [5, 5.41) is 3.36. The second-order valence-electron chi connectivity index (χ2n) is 5.83. The van der Waals surface area contributed by atoms with E-state index in [1.54, 1.807) is 0 Å². The van der Waals surface area contributed by atoms with Gasteiger partial charge in [-0.3, -0.25) is 10.1 Å². The number of amides is 1. The monoisotopic (exact) mass is 305 g/mol. The van der Waals surface area contributed by atoms with Crippen molar-refractivity contribution in [3.63, 3.8) is 0 Å². The Morgan fingerprint density at radius 2 is 1.71 bits per heavy atom. The standard InChI is InChI=1S/C16H23N3OS/c1-12(2)13-4-6-14(7-5-13)15(20)17-16(21)19-10-8-18(3)9-11-19/h4-7,12H,8-11H2,1-3H3,(H,17,20,21). The van der Waals surface area contributed by atoms with E-state index in [0.29, 0.717) is 16.6 Å². The van der Waals surface area contributed by atoms with Gasteiger partial charge in [0.1, 0.15) is 0 Å². The van der Waals surface area contributed by atoms with Crippen LogP contribution in [0.2, 0.25) is 0 Å². The molecule has 0 saturated carbocycles. The van der Waals surface area contributed by atoms with E-state index >= 15 is 0 Å². The molecule has 0 atom stereocenters. The van der Waals surface area contributed by atoms with E-state index in [-0.39, 0.29) is 5.91 Å². The molecule has 2 rings (SSSR count). The molecule has 0 unspecified atom stereocenters. The van der Waals surface area contributed by atoms with E-state index < -0.39 is 0 Å². The molecular weight excluding hydrogens is 282 g/mol. The molecule has 4 nitrogen and oxygen atoms in total. The molecule has 21 heavy (non-hydrogen) atoms. The molecule has 0 aliphatic carbocycles. The lowest BCUT2D eigenvalue weighted by Crippen LogP contribution is -2.51. The van der Waals surface area contributed by atoms with E-state index in [1.165, 1.54) is 5.56 Å². The molecule has 1 N–H and O–H groups in total. The summed E-state index contributed by atoms with van der Waals surface area (Å²) in [6, 6.07) is 7.71. The number of nitrogens with zero attached hydrogens (tertiary/aromatic N) is 2. The molecule has 1 aromatic rings. The van der Waals surface area contributed by atoms with Gasteiger partial charge in [-0.1, -0.05) is 26.0 Å². The predicted molar refractivity (Wildman–Crippen MR) is 89.7 cm³/mol. The van der Waals surface area contributed by atoms with Crippen LogP contribution in [-0.2, 0) is 0 Å². The number of likely N-dealkylation sites (N-methyl/N-ethyl adjacent to an activating group) is 1. The highest BCUT2D eigenvalue weighted by molar-refractivity contribution is 7.80. The van der Waals surface area contributed by atoms with Crippen molar-refractivity contribution in [1.29, 1.82) is 0 Å². The molecule has 1 aromatic carbocycles. The molecule has 0 radical (unpaired) electrons. The minimum absolute atomic E-state index is 0.130. The minimum Gasteiger partial charge on any atom is -0.346 e. The van der Waals surface area contributed by atoms with Gasteiger partial charge in [-0.05, 0) is 42.9 Å². The van der Waals surface area contributed by atoms with Crippen molar-refractivity contribution in [2.45, 2.75) is 19.8 Å². The fraction of sp³-hybridized carbons (Fsp3) is 0.500. The molecule has 0 spiro atoms. The SMILES string of the molecule is CC(C)c1ccc(C(=O)NC(=S)N2CCN(C)CC2)cc1. The van der Waals surface area contributed by atoms with Crippen LogP contribution < -0.4 is 5.32 Å². The summed E-state index contributed by atoms with van der Waals surface area (Å²) in [5.74, 6) is 0.336. The molecule has 1 aliphatic rings. The number of thiocarbonyl (C=S) groups is 1. The molecule has 0 bridgehead atoms. The number of piperazine rings is 1. The van der Waals surface area contributed by atoms with E-state index in [2.05, 4.69) is 36.0 Å². The Hall–Kier alpha value is -1.46. The number of hydrogen-bond acceptors (Lipinski definition) is 3. The zero-order valence-electron chi connectivity index (χ0n) is 12.9. The largest absolute Gasteiger partial charge is 0.346 e. The first-order valence-electron chi connectivity index (χ1n) is 7.36. The second-order valence-corrected chi connectivity index (χ2v) is 6.21. The number of benzene rings is 1. The quantitative estimate of drug-likeness (QED) is 0.849. The normalized spacial score (nSPS) is 16.1. The smallest absolute Gasteiger partial charge is 0.257 e. The molecule has 114 valence electrons. The van der Waals surface area contributed by atoms with Crippen LogP contribution >= 0.6 is 12.2 Å². The van der Waals surface area contributed by atoms with Crippen LogP contribution in [0, 0.1) is 0 Å². The van der Waals surface area contributed by atoms with E-state index in [4.69, 9.17) is 12.2 Å². The topological polar surface area (TPSA) is 35.6 Å². The van der Waals surface area contributed by atoms with Crippen molar-refractivity contribution in [2.75, 3.05) is 33.2 Å². The first-order chi connectivity index (χ1) is 9.97. The Bertz CT molecular complexity index is 505. The van der Waals surface area contributed by atoms with E-state index in [1.807, 2.05) is 24.3 Å². The van der Waals surface area contributed by atoms with Crippen molar-refractivity contribution in [3.8, 4) is 0 Å². The third-order valence-corrected chi connectivity index (χ3v) is 4.21. The maximum atomic E-state index is 12.2. The molecule has 1 fully saturated rings. The first-order valence-corrected chi connectivity index (χ1v) is 7.77. The van der Waals surface area contributed by atoms with Crippen molar-refractivity contribution >= 4 is 23.2 Å².